The van der Waals surface area contributed by atoms with E-state index >= 15 is 0 Å². The fraction of sp³-hybridized carbons (Fsp3) is 0.588. The molecule has 2 aliphatic heterocycles. The summed E-state index contributed by atoms with van der Waals surface area (Å²) >= 11 is 0. The van der Waals surface area contributed by atoms with E-state index < -0.39 is 0 Å². The number of hydrogen-bond donors (Lipinski definition) is 3. The van der Waals surface area contributed by atoms with Crippen LogP contribution in [0.5, 0.6) is 0 Å². The molecule has 0 aromatic heterocycles. The molecule has 1 amide bonds. The molecule has 1 aromatic rings. The van der Waals surface area contributed by atoms with E-state index in [1.165, 1.54) is 11.3 Å². The zero-order valence-electron chi connectivity index (χ0n) is 13.1. The molecule has 0 bridgehead atoms. The van der Waals surface area contributed by atoms with E-state index in [9.17, 15) is 9.90 Å². The molecule has 3 N–H and O–H groups in total. The van der Waals surface area contributed by atoms with Crippen molar-refractivity contribution in [3.05, 3.63) is 29.8 Å². The summed E-state index contributed by atoms with van der Waals surface area (Å²) in [5.41, 5.74) is 2.55. The van der Waals surface area contributed by atoms with Crippen LogP contribution >= 0.6 is 0 Å². The lowest BCUT2D eigenvalue weighted by Crippen LogP contribution is -2.49. The number of aryl methyl sites for hydroxylation is 1. The number of rotatable bonds is 3. The highest BCUT2D eigenvalue weighted by Crippen LogP contribution is 2.21. The molecule has 0 aliphatic carbocycles. The number of β-amino-alcohol motifs (C(OH)–C–C–N with tert-alkyl or cyclic N) is 1. The van der Waals surface area contributed by atoms with Crippen LogP contribution in [0.15, 0.2) is 24.3 Å². The van der Waals surface area contributed by atoms with E-state index in [1.54, 1.807) is 0 Å². The molecule has 2 aliphatic rings. The highest BCUT2D eigenvalue weighted by molar-refractivity contribution is 5.82. The van der Waals surface area contributed by atoms with Crippen LogP contribution in [0.3, 0.4) is 0 Å². The highest BCUT2D eigenvalue weighted by Gasteiger charge is 2.30. The fourth-order valence-corrected chi connectivity index (χ4v) is 3.33. The number of anilines is 1. The molecule has 2 unspecified atom stereocenters. The lowest BCUT2D eigenvalue weighted by atomic mass is 10.0. The van der Waals surface area contributed by atoms with Crippen molar-refractivity contribution in [2.24, 2.45) is 0 Å². The van der Waals surface area contributed by atoms with Crippen molar-refractivity contribution in [3.8, 4) is 0 Å². The van der Waals surface area contributed by atoms with Gasteiger partial charge in [0.15, 0.2) is 0 Å². The van der Waals surface area contributed by atoms with Gasteiger partial charge in [0, 0.05) is 31.4 Å². The van der Waals surface area contributed by atoms with Crippen LogP contribution in [-0.4, -0.2) is 48.8 Å². The molecule has 5 nitrogen and oxygen atoms in total. The van der Waals surface area contributed by atoms with Crippen molar-refractivity contribution in [1.29, 1.82) is 0 Å². The third kappa shape index (κ3) is 3.59. The van der Waals surface area contributed by atoms with Gasteiger partial charge in [-0.2, -0.15) is 0 Å². The fourth-order valence-electron chi connectivity index (χ4n) is 3.33. The Balaban J connectivity index is 1.48. The third-order valence-corrected chi connectivity index (χ3v) is 4.63. The molecule has 0 spiro atoms. The standard InChI is InChI=1S/C17H25N3O2/c1-12-3-2-4-14(9-12)20-7-5-13(6-8-20)19-17(22)16-10-15(21)11-18-16/h2-4,9,13,15-16,18,21H,5-8,10-11H2,1H3,(H,19,22). The summed E-state index contributed by atoms with van der Waals surface area (Å²) in [6.07, 6.45) is 2.07. The van der Waals surface area contributed by atoms with Crippen molar-refractivity contribution in [2.75, 3.05) is 24.5 Å². The number of aliphatic hydroxyl groups excluding tert-OH is 1. The van der Waals surface area contributed by atoms with Crippen LogP contribution in [0.4, 0.5) is 5.69 Å². The first-order chi connectivity index (χ1) is 10.6. The molecule has 2 saturated heterocycles. The zero-order chi connectivity index (χ0) is 15.5. The Bertz CT molecular complexity index is 526. The summed E-state index contributed by atoms with van der Waals surface area (Å²) in [6, 6.07) is 8.58. The zero-order valence-corrected chi connectivity index (χ0v) is 13.1. The first kappa shape index (κ1) is 15.3. The lowest BCUT2D eigenvalue weighted by molar-refractivity contribution is -0.123. The maximum absolute atomic E-state index is 12.2. The Kier molecular flexibility index (Phi) is 4.64. The Hall–Kier alpha value is -1.59. The van der Waals surface area contributed by atoms with Crippen LogP contribution in [0.1, 0.15) is 24.8 Å². The van der Waals surface area contributed by atoms with Crippen LogP contribution in [-0.2, 0) is 4.79 Å². The summed E-state index contributed by atoms with van der Waals surface area (Å²) < 4.78 is 0. The molecule has 2 fully saturated rings. The lowest BCUT2D eigenvalue weighted by Gasteiger charge is -2.34. The first-order valence-electron chi connectivity index (χ1n) is 8.15. The van der Waals surface area contributed by atoms with E-state index in [2.05, 4.69) is 46.7 Å². The van der Waals surface area contributed by atoms with Gasteiger partial charge in [0.2, 0.25) is 5.91 Å². The van der Waals surface area contributed by atoms with E-state index in [-0.39, 0.29) is 24.1 Å². The average molecular weight is 303 g/mol. The van der Waals surface area contributed by atoms with E-state index in [0.717, 1.165) is 25.9 Å². The SMILES string of the molecule is Cc1cccc(N2CCC(NC(=O)C3CC(O)CN3)CC2)c1. The van der Waals surface area contributed by atoms with Crippen LogP contribution in [0.2, 0.25) is 0 Å². The van der Waals surface area contributed by atoms with Crippen molar-refractivity contribution in [2.45, 2.75) is 44.4 Å². The van der Waals surface area contributed by atoms with Gasteiger partial charge in [-0.3, -0.25) is 4.79 Å². The van der Waals surface area contributed by atoms with Crippen molar-refractivity contribution in [1.82, 2.24) is 10.6 Å². The van der Waals surface area contributed by atoms with E-state index in [4.69, 9.17) is 0 Å². The predicted octanol–water partition coefficient (Wildman–Crippen LogP) is 0.803. The molecule has 1 aromatic carbocycles. The molecule has 22 heavy (non-hydrogen) atoms. The first-order valence-corrected chi connectivity index (χ1v) is 8.15. The van der Waals surface area contributed by atoms with Gasteiger partial charge in [-0.05, 0) is 43.9 Å². The van der Waals surface area contributed by atoms with Gasteiger partial charge >= 0.3 is 0 Å². The van der Waals surface area contributed by atoms with Gasteiger partial charge in [-0.25, -0.2) is 0 Å². The predicted molar refractivity (Wildman–Crippen MR) is 87.0 cm³/mol. The Labute approximate surface area is 131 Å². The van der Waals surface area contributed by atoms with Gasteiger partial charge in [-0.1, -0.05) is 12.1 Å². The number of benzene rings is 1. The minimum absolute atomic E-state index is 0.0329. The third-order valence-electron chi connectivity index (χ3n) is 4.63. The Morgan fingerprint density at radius 3 is 2.77 bits per heavy atom. The van der Waals surface area contributed by atoms with Gasteiger partial charge < -0.3 is 20.6 Å². The second-order valence-corrected chi connectivity index (χ2v) is 6.46. The second kappa shape index (κ2) is 6.67. The maximum Gasteiger partial charge on any atom is 0.237 e. The summed E-state index contributed by atoms with van der Waals surface area (Å²) in [7, 11) is 0. The van der Waals surface area contributed by atoms with E-state index in [1.807, 2.05) is 0 Å². The quantitative estimate of drug-likeness (QED) is 0.773. The number of piperidine rings is 1. The number of amides is 1. The van der Waals surface area contributed by atoms with Crippen LogP contribution < -0.4 is 15.5 Å². The topological polar surface area (TPSA) is 64.6 Å². The van der Waals surface area contributed by atoms with Crippen LogP contribution in [0, 0.1) is 6.92 Å². The normalized spacial score (nSPS) is 26.2. The van der Waals surface area contributed by atoms with Gasteiger partial charge in [0.25, 0.3) is 0 Å². The summed E-state index contributed by atoms with van der Waals surface area (Å²) in [5, 5.41) is 15.7. The molecule has 0 radical (unpaired) electrons. The van der Waals surface area contributed by atoms with Crippen LogP contribution in [0.25, 0.3) is 0 Å². The molecule has 120 valence electrons. The number of carbonyl (C=O) groups is 1. The number of aliphatic hydroxyl groups is 1. The molecule has 2 heterocycles. The smallest absolute Gasteiger partial charge is 0.237 e. The molecule has 0 saturated carbocycles. The average Bonchev–Trinajstić information content (AvgIpc) is 2.95. The van der Waals surface area contributed by atoms with Gasteiger partial charge in [0.1, 0.15) is 0 Å². The highest BCUT2D eigenvalue weighted by atomic mass is 16.3. The summed E-state index contributed by atoms with van der Waals surface area (Å²) in [5.74, 6) is 0.0329. The molecule has 3 rings (SSSR count). The van der Waals surface area contributed by atoms with Crippen molar-refractivity contribution in [3.63, 3.8) is 0 Å². The number of nitrogens with one attached hydrogen (secondary N) is 2. The second-order valence-electron chi connectivity index (χ2n) is 6.46. The molecular weight excluding hydrogens is 278 g/mol. The van der Waals surface area contributed by atoms with Crippen molar-refractivity contribution < 1.29 is 9.90 Å². The van der Waals surface area contributed by atoms with Gasteiger partial charge in [0.05, 0.1) is 12.1 Å². The minimum atomic E-state index is -0.390. The number of carbonyl (C=O) groups excluding carboxylic acids is 1. The maximum atomic E-state index is 12.2. The van der Waals surface area contributed by atoms with Gasteiger partial charge in [-0.15, -0.1) is 0 Å². The Morgan fingerprint density at radius 2 is 2.14 bits per heavy atom. The summed E-state index contributed by atoms with van der Waals surface area (Å²) in [6.45, 7) is 4.56. The molecule has 5 heteroatoms. The monoisotopic (exact) mass is 303 g/mol. The summed E-state index contributed by atoms with van der Waals surface area (Å²) in [4.78, 5) is 14.5. The molecule has 2 atom stereocenters. The number of hydrogen-bond acceptors (Lipinski definition) is 4. The number of nitrogens with zero attached hydrogens (tertiary/aromatic N) is 1. The van der Waals surface area contributed by atoms with Crippen molar-refractivity contribution >= 4 is 11.6 Å². The van der Waals surface area contributed by atoms with E-state index in [0.29, 0.717) is 13.0 Å². The molecular formula is C17H25N3O2. The Morgan fingerprint density at radius 1 is 1.36 bits per heavy atom. The minimum Gasteiger partial charge on any atom is -0.392 e. The largest absolute Gasteiger partial charge is 0.392 e.